The van der Waals surface area contributed by atoms with E-state index in [1.807, 2.05) is 16.8 Å². The Morgan fingerprint density at radius 3 is 2.37 bits per heavy atom. The van der Waals surface area contributed by atoms with E-state index in [0.29, 0.717) is 0 Å². The van der Waals surface area contributed by atoms with Crippen molar-refractivity contribution in [3.8, 4) is 0 Å². The zero-order valence-electron chi connectivity index (χ0n) is 16.4. The van der Waals surface area contributed by atoms with Gasteiger partial charge in [0.1, 0.15) is 0 Å². The van der Waals surface area contributed by atoms with Gasteiger partial charge in [-0.25, -0.2) is 0 Å². The fourth-order valence-electron chi connectivity index (χ4n) is 3.62. The van der Waals surface area contributed by atoms with Gasteiger partial charge in [0.2, 0.25) is 0 Å². The highest BCUT2D eigenvalue weighted by molar-refractivity contribution is 7.08. The Morgan fingerprint density at radius 1 is 1.03 bits per heavy atom. The van der Waals surface area contributed by atoms with Crippen LogP contribution in [-0.4, -0.2) is 36.3 Å². The van der Waals surface area contributed by atoms with Crippen molar-refractivity contribution in [1.82, 2.24) is 10.2 Å². The van der Waals surface area contributed by atoms with Crippen LogP contribution in [0.1, 0.15) is 42.9 Å². The lowest BCUT2D eigenvalue weighted by molar-refractivity contribution is -0.138. The number of alkyl halides is 3. The quantitative estimate of drug-likeness (QED) is 0.678. The lowest BCUT2D eigenvalue weighted by Gasteiger charge is -2.30. The lowest BCUT2D eigenvalue weighted by atomic mass is 10.1. The first-order valence-electron chi connectivity index (χ1n) is 9.88. The number of benzene rings is 1. The maximum atomic E-state index is 13.1. The van der Waals surface area contributed by atoms with Crippen molar-refractivity contribution in [3.05, 3.63) is 52.2 Å². The Labute approximate surface area is 177 Å². The summed E-state index contributed by atoms with van der Waals surface area (Å²) in [4.78, 5) is 26.8. The van der Waals surface area contributed by atoms with Crippen LogP contribution >= 0.6 is 11.3 Å². The Bertz CT molecular complexity index is 847. The molecule has 1 atom stereocenters. The SMILES string of the molecule is O=C(NCC(c1ccsc1)N1CCCCCC1)C(=O)Nc1ccccc1C(F)(F)F. The van der Waals surface area contributed by atoms with E-state index in [0.717, 1.165) is 43.6 Å². The number of amides is 2. The molecule has 0 radical (unpaired) electrons. The number of nitrogens with zero attached hydrogens (tertiary/aromatic N) is 1. The van der Waals surface area contributed by atoms with Crippen LogP contribution in [0.25, 0.3) is 0 Å². The summed E-state index contributed by atoms with van der Waals surface area (Å²) >= 11 is 1.56. The zero-order valence-corrected chi connectivity index (χ0v) is 17.2. The summed E-state index contributed by atoms with van der Waals surface area (Å²) < 4.78 is 39.3. The molecule has 1 unspecified atom stereocenters. The number of halogens is 3. The second-order valence-corrected chi connectivity index (χ2v) is 8.01. The van der Waals surface area contributed by atoms with Crippen molar-refractivity contribution >= 4 is 28.8 Å². The summed E-state index contributed by atoms with van der Waals surface area (Å²) in [5, 5.41) is 8.66. The van der Waals surface area contributed by atoms with Crippen molar-refractivity contribution in [2.24, 2.45) is 0 Å². The second-order valence-electron chi connectivity index (χ2n) is 7.23. The van der Waals surface area contributed by atoms with E-state index in [2.05, 4.69) is 15.5 Å². The molecule has 2 heterocycles. The van der Waals surface area contributed by atoms with Gasteiger partial charge in [0.05, 0.1) is 17.3 Å². The summed E-state index contributed by atoms with van der Waals surface area (Å²) in [6, 6.07) is 6.50. The molecule has 1 fully saturated rings. The van der Waals surface area contributed by atoms with Crippen molar-refractivity contribution in [3.63, 3.8) is 0 Å². The first kappa shape index (κ1) is 22.3. The molecule has 2 amide bonds. The Kier molecular flexibility index (Phi) is 7.49. The first-order chi connectivity index (χ1) is 14.4. The smallest absolute Gasteiger partial charge is 0.346 e. The van der Waals surface area contributed by atoms with Gasteiger partial charge in [-0.05, 0) is 60.5 Å². The number of likely N-dealkylation sites (tertiary alicyclic amines) is 1. The molecule has 5 nitrogen and oxygen atoms in total. The number of carbonyl (C=O) groups is 2. The van der Waals surface area contributed by atoms with Crippen molar-refractivity contribution in [2.45, 2.75) is 37.9 Å². The van der Waals surface area contributed by atoms with Crippen LogP contribution in [0.5, 0.6) is 0 Å². The summed E-state index contributed by atoms with van der Waals surface area (Å²) in [7, 11) is 0. The fraction of sp³-hybridized carbons (Fsp3) is 0.429. The average Bonchev–Trinajstić information content (AvgIpc) is 3.10. The number of anilines is 1. The lowest BCUT2D eigenvalue weighted by Crippen LogP contribution is -2.42. The molecule has 3 rings (SSSR count). The molecule has 1 aromatic carbocycles. The normalized spacial score (nSPS) is 16.5. The number of hydrogen-bond acceptors (Lipinski definition) is 4. The van der Waals surface area contributed by atoms with Crippen LogP contribution in [0.4, 0.5) is 18.9 Å². The molecular weight excluding hydrogens is 415 g/mol. The third-order valence-corrected chi connectivity index (χ3v) is 5.85. The van der Waals surface area contributed by atoms with Crippen LogP contribution < -0.4 is 10.6 Å². The molecule has 0 spiro atoms. The summed E-state index contributed by atoms with van der Waals surface area (Å²) in [5.41, 5.74) is -0.371. The molecule has 2 N–H and O–H groups in total. The molecule has 30 heavy (non-hydrogen) atoms. The molecule has 1 aliphatic heterocycles. The van der Waals surface area contributed by atoms with Gasteiger partial charge in [-0.2, -0.15) is 24.5 Å². The van der Waals surface area contributed by atoms with E-state index >= 15 is 0 Å². The maximum absolute atomic E-state index is 13.1. The number of thiophene rings is 1. The minimum absolute atomic E-state index is 0.0754. The van der Waals surface area contributed by atoms with Crippen molar-refractivity contribution in [2.75, 3.05) is 25.0 Å². The highest BCUT2D eigenvalue weighted by Crippen LogP contribution is 2.34. The predicted octanol–water partition coefficient (Wildman–Crippen LogP) is 4.44. The third-order valence-electron chi connectivity index (χ3n) is 5.15. The molecular formula is C21H24F3N3O2S. The molecule has 0 saturated carbocycles. The number of para-hydroxylation sites is 1. The van der Waals surface area contributed by atoms with Crippen LogP contribution in [0, 0.1) is 0 Å². The highest BCUT2D eigenvalue weighted by Gasteiger charge is 2.34. The van der Waals surface area contributed by atoms with E-state index in [1.165, 1.54) is 25.0 Å². The molecule has 1 aliphatic rings. The van der Waals surface area contributed by atoms with Gasteiger partial charge >= 0.3 is 18.0 Å². The van der Waals surface area contributed by atoms with E-state index in [9.17, 15) is 22.8 Å². The van der Waals surface area contributed by atoms with E-state index in [-0.39, 0.29) is 12.6 Å². The topological polar surface area (TPSA) is 61.4 Å². The number of rotatable bonds is 5. The standard InChI is InChI=1S/C21H24F3N3O2S/c22-21(23,24)16-7-3-4-8-17(16)26-20(29)19(28)25-13-18(15-9-12-30-14-15)27-10-5-1-2-6-11-27/h3-4,7-9,12,14,18H,1-2,5-6,10-11,13H2,(H,25,28)(H,26,29). The Hall–Kier alpha value is -2.39. The van der Waals surface area contributed by atoms with Gasteiger partial charge < -0.3 is 10.6 Å². The monoisotopic (exact) mass is 439 g/mol. The molecule has 0 aliphatic carbocycles. The molecule has 162 valence electrons. The largest absolute Gasteiger partial charge is 0.418 e. The van der Waals surface area contributed by atoms with E-state index in [1.54, 1.807) is 11.3 Å². The minimum Gasteiger partial charge on any atom is -0.346 e. The van der Waals surface area contributed by atoms with E-state index in [4.69, 9.17) is 0 Å². The number of nitrogens with one attached hydrogen (secondary N) is 2. The van der Waals surface area contributed by atoms with Gasteiger partial charge in [0, 0.05) is 6.54 Å². The van der Waals surface area contributed by atoms with Crippen LogP contribution in [0.3, 0.4) is 0 Å². The first-order valence-corrected chi connectivity index (χ1v) is 10.8. The summed E-state index contributed by atoms with van der Waals surface area (Å²) in [6.45, 7) is 2.02. The highest BCUT2D eigenvalue weighted by atomic mass is 32.1. The number of hydrogen-bond donors (Lipinski definition) is 2. The molecule has 1 saturated heterocycles. The van der Waals surface area contributed by atoms with Crippen molar-refractivity contribution in [1.29, 1.82) is 0 Å². The third kappa shape index (κ3) is 5.82. The average molecular weight is 440 g/mol. The summed E-state index contributed by atoms with van der Waals surface area (Å²) in [6.07, 6.45) is -0.149. The zero-order chi connectivity index (χ0) is 21.6. The molecule has 9 heteroatoms. The molecule has 1 aromatic heterocycles. The number of carbonyl (C=O) groups excluding carboxylic acids is 2. The maximum Gasteiger partial charge on any atom is 0.418 e. The van der Waals surface area contributed by atoms with Gasteiger partial charge in [-0.15, -0.1) is 0 Å². The van der Waals surface area contributed by atoms with E-state index < -0.39 is 29.2 Å². The Balaban J connectivity index is 1.65. The Morgan fingerprint density at radius 2 is 1.73 bits per heavy atom. The predicted molar refractivity (Wildman–Crippen MR) is 110 cm³/mol. The van der Waals surface area contributed by atoms with Crippen LogP contribution in [-0.2, 0) is 15.8 Å². The van der Waals surface area contributed by atoms with Crippen LogP contribution in [0.15, 0.2) is 41.1 Å². The minimum atomic E-state index is -4.63. The molecule has 0 bridgehead atoms. The second kappa shape index (κ2) is 10.1. The molecule has 2 aromatic rings. The fourth-order valence-corrected chi connectivity index (χ4v) is 4.32. The van der Waals surface area contributed by atoms with Gasteiger partial charge in [0.15, 0.2) is 0 Å². The van der Waals surface area contributed by atoms with Gasteiger partial charge in [-0.3, -0.25) is 14.5 Å². The van der Waals surface area contributed by atoms with Crippen molar-refractivity contribution < 1.29 is 22.8 Å². The van der Waals surface area contributed by atoms with Gasteiger partial charge in [-0.1, -0.05) is 25.0 Å². The van der Waals surface area contributed by atoms with Crippen LogP contribution in [0.2, 0.25) is 0 Å². The summed E-state index contributed by atoms with van der Waals surface area (Å²) in [5.74, 6) is -2.08. The van der Waals surface area contributed by atoms with Gasteiger partial charge in [0.25, 0.3) is 0 Å².